The van der Waals surface area contributed by atoms with Crippen molar-refractivity contribution in [3.8, 4) is 17.3 Å². The largest absolute Gasteiger partial charge is 0.475 e. The Morgan fingerprint density at radius 2 is 1.94 bits per heavy atom. The molecule has 7 nitrogen and oxygen atoms in total. The van der Waals surface area contributed by atoms with Gasteiger partial charge in [-0.2, -0.15) is 0 Å². The van der Waals surface area contributed by atoms with Gasteiger partial charge in [-0.15, -0.1) is 0 Å². The second kappa shape index (κ2) is 8.64. The Hall–Kier alpha value is -2.77. The first-order valence-electron chi connectivity index (χ1n) is 10.5. The van der Waals surface area contributed by atoms with E-state index in [9.17, 15) is 4.79 Å². The quantitative estimate of drug-likeness (QED) is 0.512. The minimum absolute atomic E-state index is 0.0994. The van der Waals surface area contributed by atoms with E-state index in [0.717, 1.165) is 18.5 Å². The summed E-state index contributed by atoms with van der Waals surface area (Å²) in [4.78, 5) is 33.0. The average Bonchev–Trinajstić information content (AvgIpc) is 3.55. The molecule has 1 amide bonds. The highest BCUT2D eigenvalue weighted by atomic mass is 35.5. The Morgan fingerprint density at radius 3 is 2.72 bits per heavy atom. The first-order valence-corrected chi connectivity index (χ1v) is 11.3. The minimum Gasteiger partial charge on any atom is -0.475 e. The molecule has 3 aromatic heterocycles. The van der Waals surface area contributed by atoms with Crippen LogP contribution in [0.25, 0.3) is 11.4 Å². The predicted octanol–water partition coefficient (Wildman–Crippen LogP) is 4.48. The van der Waals surface area contributed by atoms with Crippen LogP contribution in [0.2, 0.25) is 10.2 Å². The number of carbonyl (C=O) groups is 1. The molecule has 32 heavy (non-hydrogen) atoms. The molecule has 4 heterocycles. The third-order valence-corrected chi connectivity index (χ3v) is 6.39. The van der Waals surface area contributed by atoms with Crippen LogP contribution in [0.5, 0.6) is 5.88 Å². The van der Waals surface area contributed by atoms with Crippen molar-refractivity contribution >= 4 is 29.1 Å². The molecular formula is C23H21Cl2N5O2. The van der Waals surface area contributed by atoms with Gasteiger partial charge in [-0.3, -0.25) is 4.79 Å². The van der Waals surface area contributed by atoms with E-state index in [1.54, 1.807) is 30.6 Å². The van der Waals surface area contributed by atoms with Crippen LogP contribution in [0, 0.1) is 18.8 Å². The number of nitrogens with zero attached hydrogens (tertiary/aromatic N) is 5. The smallest absolute Gasteiger partial charge is 0.273 e. The molecular weight excluding hydrogens is 449 g/mol. The second-order valence-electron chi connectivity index (χ2n) is 8.28. The number of halogens is 2. The molecule has 9 heteroatoms. The van der Waals surface area contributed by atoms with Crippen molar-refractivity contribution in [1.29, 1.82) is 0 Å². The van der Waals surface area contributed by atoms with Gasteiger partial charge >= 0.3 is 0 Å². The zero-order valence-electron chi connectivity index (χ0n) is 17.4. The summed E-state index contributed by atoms with van der Waals surface area (Å²) in [6.07, 6.45) is 5.34. The molecule has 1 aliphatic carbocycles. The van der Waals surface area contributed by atoms with Crippen LogP contribution in [0.3, 0.4) is 0 Å². The van der Waals surface area contributed by atoms with E-state index in [-0.39, 0.29) is 17.1 Å². The van der Waals surface area contributed by atoms with Crippen molar-refractivity contribution in [2.45, 2.75) is 25.8 Å². The Balaban J connectivity index is 1.42. The van der Waals surface area contributed by atoms with E-state index in [0.29, 0.717) is 53.0 Å². The first-order chi connectivity index (χ1) is 15.5. The summed E-state index contributed by atoms with van der Waals surface area (Å²) in [7, 11) is 0. The number of rotatable bonds is 5. The van der Waals surface area contributed by atoms with E-state index < -0.39 is 0 Å². The van der Waals surface area contributed by atoms with Crippen LogP contribution in [-0.4, -0.2) is 49.9 Å². The van der Waals surface area contributed by atoms with Gasteiger partial charge in [-0.25, -0.2) is 19.9 Å². The molecule has 5 rings (SSSR count). The molecule has 2 aliphatic rings. The maximum atomic E-state index is 13.7. The van der Waals surface area contributed by atoms with Crippen LogP contribution in [0.4, 0.5) is 0 Å². The fraction of sp³-hybridized carbons (Fsp3) is 0.348. The van der Waals surface area contributed by atoms with Crippen LogP contribution in [-0.2, 0) is 0 Å². The normalized spacial score (nSPS) is 21.7. The Bertz CT molecular complexity index is 1140. The van der Waals surface area contributed by atoms with Gasteiger partial charge in [-0.1, -0.05) is 23.2 Å². The van der Waals surface area contributed by atoms with Crippen LogP contribution < -0.4 is 4.74 Å². The molecule has 0 aromatic carbocycles. The van der Waals surface area contributed by atoms with Gasteiger partial charge in [0.15, 0.2) is 5.82 Å². The summed E-state index contributed by atoms with van der Waals surface area (Å²) >= 11 is 12.1. The van der Waals surface area contributed by atoms with Gasteiger partial charge < -0.3 is 9.64 Å². The number of piperidine rings is 1. The van der Waals surface area contributed by atoms with E-state index in [1.807, 2.05) is 24.0 Å². The maximum absolute atomic E-state index is 13.7. The zero-order chi connectivity index (χ0) is 22.2. The number of ether oxygens (including phenoxy) is 1. The molecule has 1 aliphatic heterocycles. The van der Waals surface area contributed by atoms with Crippen molar-refractivity contribution in [2.24, 2.45) is 11.8 Å². The van der Waals surface area contributed by atoms with Crippen molar-refractivity contribution in [1.82, 2.24) is 24.8 Å². The summed E-state index contributed by atoms with van der Waals surface area (Å²) in [5, 5.41) is 0.720. The van der Waals surface area contributed by atoms with Gasteiger partial charge in [0.25, 0.3) is 5.91 Å². The highest BCUT2D eigenvalue weighted by Gasteiger charge is 2.47. The van der Waals surface area contributed by atoms with E-state index >= 15 is 0 Å². The van der Waals surface area contributed by atoms with E-state index in [2.05, 4.69) is 19.9 Å². The SMILES string of the molecule is Cc1ccc(-c2ncccn2)c(C(=O)N2CC3CC3CC2COc2cc(Cl)cc(Cl)n2)n1. The topological polar surface area (TPSA) is 81.1 Å². The third kappa shape index (κ3) is 4.40. The summed E-state index contributed by atoms with van der Waals surface area (Å²) < 4.78 is 5.91. The molecule has 0 bridgehead atoms. The molecule has 3 unspecified atom stereocenters. The second-order valence-corrected chi connectivity index (χ2v) is 9.11. The molecule has 164 valence electrons. The monoisotopic (exact) mass is 469 g/mol. The molecule has 3 atom stereocenters. The highest BCUT2D eigenvalue weighted by Crippen LogP contribution is 2.47. The number of aryl methyl sites for hydroxylation is 1. The van der Waals surface area contributed by atoms with Crippen LogP contribution in [0.15, 0.2) is 42.7 Å². The van der Waals surface area contributed by atoms with Gasteiger partial charge in [-0.05, 0) is 55.9 Å². The van der Waals surface area contributed by atoms with E-state index in [4.69, 9.17) is 27.9 Å². The van der Waals surface area contributed by atoms with Crippen molar-refractivity contribution in [2.75, 3.05) is 13.2 Å². The number of fused-ring (bicyclic) bond motifs is 1. The number of pyridine rings is 2. The molecule has 2 fully saturated rings. The van der Waals surface area contributed by atoms with Crippen molar-refractivity contribution in [3.05, 3.63) is 64.3 Å². The summed E-state index contributed by atoms with van der Waals surface area (Å²) in [5.41, 5.74) is 1.76. The molecule has 0 radical (unpaired) electrons. The Morgan fingerprint density at radius 1 is 1.12 bits per heavy atom. The number of likely N-dealkylation sites (tertiary alicyclic amines) is 1. The first kappa shape index (κ1) is 21.1. The number of amides is 1. The fourth-order valence-electron chi connectivity index (χ4n) is 4.28. The molecule has 3 aromatic rings. The molecule has 1 saturated carbocycles. The fourth-order valence-corrected chi connectivity index (χ4v) is 4.73. The lowest BCUT2D eigenvalue weighted by Crippen LogP contribution is -2.48. The number of hydrogen-bond acceptors (Lipinski definition) is 6. The van der Waals surface area contributed by atoms with Gasteiger partial charge in [0.1, 0.15) is 17.5 Å². The highest BCUT2D eigenvalue weighted by molar-refractivity contribution is 6.34. The lowest BCUT2D eigenvalue weighted by molar-refractivity contribution is 0.0503. The Labute approximate surface area is 195 Å². The van der Waals surface area contributed by atoms with Gasteiger partial charge in [0, 0.05) is 35.7 Å². The lowest BCUT2D eigenvalue weighted by Gasteiger charge is -2.35. The maximum Gasteiger partial charge on any atom is 0.273 e. The van der Waals surface area contributed by atoms with E-state index in [1.165, 1.54) is 0 Å². The van der Waals surface area contributed by atoms with Crippen molar-refractivity contribution in [3.63, 3.8) is 0 Å². The lowest BCUT2D eigenvalue weighted by atomic mass is 10.0. The number of hydrogen-bond donors (Lipinski definition) is 0. The van der Waals surface area contributed by atoms with Crippen molar-refractivity contribution < 1.29 is 9.53 Å². The van der Waals surface area contributed by atoms with Gasteiger partial charge in [0.2, 0.25) is 5.88 Å². The zero-order valence-corrected chi connectivity index (χ0v) is 18.9. The minimum atomic E-state index is -0.132. The Kier molecular flexibility index (Phi) is 5.69. The molecule has 0 spiro atoms. The summed E-state index contributed by atoms with van der Waals surface area (Å²) in [6, 6.07) is 8.54. The number of aromatic nitrogens is 4. The summed E-state index contributed by atoms with van der Waals surface area (Å²) in [5.74, 6) is 1.86. The average molecular weight is 470 g/mol. The predicted molar refractivity (Wildman–Crippen MR) is 121 cm³/mol. The number of carbonyl (C=O) groups excluding carboxylic acids is 1. The molecule has 0 N–H and O–H groups in total. The third-order valence-electron chi connectivity index (χ3n) is 5.98. The standard InChI is InChI=1S/C23H21Cl2N5O2/c1-13-3-4-18(22-26-5-2-6-27-22)21(28-13)23(31)30-11-15-7-14(15)8-17(30)12-32-20-10-16(24)9-19(25)29-20/h2-6,9-10,14-15,17H,7-8,11-12H2,1H3. The summed E-state index contributed by atoms with van der Waals surface area (Å²) in [6.45, 7) is 2.86. The van der Waals surface area contributed by atoms with Gasteiger partial charge in [0.05, 0.1) is 11.6 Å². The van der Waals surface area contributed by atoms with Crippen LogP contribution >= 0.6 is 23.2 Å². The van der Waals surface area contributed by atoms with Crippen LogP contribution in [0.1, 0.15) is 29.0 Å². The molecule has 1 saturated heterocycles.